The number of aromatic nitrogens is 5. The molecule has 0 spiro atoms. The molecule has 0 radical (unpaired) electrons. The Kier molecular flexibility index (Phi) is 2.31. The Labute approximate surface area is 117 Å². The van der Waals surface area contributed by atoms with Gasteiger partial charge in [-0.3, -0.25) is 4.98 Å². The third kappa shape index (κ3) is 1.84. The SMILES string of the molecule is Nc1ccc2nc(Cn3nc4cnccn4c3=O)oc2c1. The Morgan fingerprint density at radius 3 is 3.10 bits per heavy atom. The monoisotopic (exact) mass is 282 g/mol. The molecule has 8 nitrogen and oxygen atoms in total. The van der Waals surface area contributed by atoms with Gasteiger partial charge in [-0.25, -0.2) is 18.9 Å². The molecule has 0 aliphatic heterocycles. The van der Waals surface area contributed by atoms with Crippen LogP contribution in [0.1, 0.15) is 5.89 Å². The van der Waals surface area contributed by atoms with Crippen LogP contribution in [0, 0.1) is 0 Å². The standard InChI is InChI=1S/C13H10N6O2/c14-8-1-2-9-10(5-8)21-12(16-9)7-19-13(20)18-4-3-15-6-11(18)17-19/h1-6H,7,14H2. The molecule has 3 aromatic heterocycles. The number of fused-ring (bicyclic) bond motifs is 2. The summed E-state index contributed by atoms with van der Waals surface area (Å²) in [6.07, 6.45) is 4.61. The minimum absolute atomic E-state index is 0.148. The number of hydrogen-bond donors (Lipinski definition) is 1. The summed E-state index contributed by atoms with van der Waals surface area (Å²) < 4.78 is 8.28. The molecule has 2 N–H and O–H groups in total. The average molecular weight is 282 g/mol. The van der Waals surface area contributed by atoms with Crippen molar-refractivity contribution < 1.29 is 4.42 Å². The van der Waals surface area contributed by atoms with E-state index in [0.29, 0.717) is 28.3 Å². The van der Waals surface area contributed by atoms with Crippen LogP contribution >= 0.6 is 0 Å². The zero-order valence-corrected chi connectivity index (χ0v) is 10.8. The molecule has 0 amide bonds. The number of anilines is 1. The Morgan fingerprint density at radius 1 is 1.33 bits per heavy atom. The first kappa shape index (κ1) is 11.6. The molecule has 0 bridgehead atoms. The maximum Gasteiger partial charge on any atom is 0.350 e. The number of nitrogens with zero attached hydrogens (tertiary/aromatic N) is 5. The third-order valence-corrected chi connectivity index (χ3v) is 3.13. The molecule has 21 heavy (non-hydrogen) atoms. The van der Waals surface area contributed by atoms with E-state index < -0.39 is 0 Å². The van der Waals surface area contributed by atoms with Crippen molar-refractivity contribution >= 4 is 22.4 Å². The van der Waals surface area contributed by atoms with E-state index in [1.807, 2.05) is 0 Å². The average Bonchev–Trinajstić information content (AvgIpc) is 3.01. The van der Waals surface area contributed by atoms with Crippen LogP contribution in [0.3, 0.4) is 0 Å². The molecule has 1 aromatic carbocycles. The Balaban J connectivity index is 1.79. The van der Waals surface area contributed by atoms with Crippen LogP contribution in [-0.4, -0.2) is 24.1 Å². The zero-order chi connectivity index (χ0) is 14.4. The van der Waals surface area contributed by atoms with E-state index >= 15 is 0 Å². The number of benzene rings is 1. The molecule has 4 rings (SSSR count). The Morgan fingerprint density at radius 2 is 2.24 bits per heavy atom. The highest BCUT2D eigenvalue weighted by Gasteiger charge is 2.11. The first-order valence-electron chi connectivity index (χ1n) is 6.25. The summed E-state index contributed by atoms with van der Waals surface area (Å²) in [6.45, 7) is 0.148. The topological polar surface area (TPSA) is 104 Å². The minimum Gasteiger partial charge on any atom is -0.439 e. The van der Waals surface area contributed by atoms with Crippen LogP contribution in [0.5, 0.6) is 0 Å². The number of rotatable bonds is 2. The van der Waals surface area contributed by atoms with Crippen molar-refractivity contribution in [3.05, 3.63) is 53.2 Å². The molecule has 0 aliphatic carbocycles. The molecule has 0 saturated heterocycles. The Bertz CT molecular complexity index is 1010. The van der Waals surface area contributed by atoms with Gasteiger partial charge in [0.1, 0.15) is 12.1 Å². The zero-order valence-electron chi connectivity index (χ0n) is 10.8. The third-order valence-electron chi connectivity index (χ3n) is 3.13. The highest BCUT2D eigenvalue weighted by atomic mass is 16.3. The molecule has 0 fully saturated rings. The first-order valence-corrected chi connectivity index (χ1v) is 6.25. The number of hydrogen-bond acceptors (Lipinski definition) is 6. The second-order valence-corrected chi connectivity index (χ2v) is 4.58. The molecule has 8 heteroatoms. The van der Waals surface area contributed by atoms with Crippen LogP contribution in [0.2, 0.25) is 0 Å². The molecule has 0 saturated carbocycles. The maximum atomic E-state index is 12.1. The summed E-state index contributed by atoms with van der Waals surface area (Å²) in [5, 5.41) is 4.18. The van der Waals surface area contributed by atoms with Gasteiger partial charge in [0.15, 0.2) is 11.2 Å². The Hall–Kier alpha value is -3.16. The van der Waals surface area contributed by atoms with Gasteiger partial charge in [0.2, 0.25) is 5.89 Å². The van der Waals surface area contributed by atoms with E-state index in [4.69, 9.17) is 10.2 Å². The minimum atomic E-state index is -0.269. The lowest BCUT2D eigenvalue weighted by Crippen LogP contribution is -2.21. The van der Waals surface area contributed by atoms with E-state index in [0.717, 1.165) is 0 Å². The fourth-order valence-electron chi connectivity index (χ4n) is 2.17. The van der Waals surface area contributed by atoms with Crippen molar-refractivity contribution in [2.45, 2.75) is 6.54 Å². The van der Waals surface area contributed by atoms with Crippen LogP contribution in [0.4, 0.5) is 5.69 Å². The first-order chi connectivity index (χ1) is 10.2. The molecule has 0 unspecified atom stereocenters. The smallest absolute Gasteiger partial charge is 0.350 e. The van der Waals surface area contributed by atoms with Gasteiger partial charge >= 0.3 is 5.69 Å². The van der Waals surface area contributed by atoms with Gasteiger partial charge in [-0.2, -0.15) is 0 Å². The lowest BCUT2D eigenvalue weighted by molar-refractivity contribution is 0.485. The lowest BCUT2D eigenvalue weighted by Gasteiger charge is -1.92. The van der Waals surface area contributed by atoms with Crippen LogP contribution < -0.4 is 11.4 Å². The van der Waals surface area contributed by atoms with Crippen molar-refractivity contribution in [3.63, 3.8) is 0 Å². The summed E-state index contributed by atoms with van der Waals surface area (Å²) in [7, 11) is 0. The maximum absolute atomic E-state index is 12.1. The quantitative estimate of drug-likeness (QED) is 0.542. The predicted molar refractivity (Wildman–Crippen MR) is 74.8 cm³/mol. The molecule has 3 heterocycles. The van der Waals surface area contributed by atoms with Crippen molar-refractivity contribution in [1.82, 2.24) is 24.1 Å². The van der Waals surface area contributed by atoms with Gasteiger partial charge in [0.25, 0.3) is 0 Å². The van der Waals surface area contributed by atoms with E-state index in [-0.39, 0.29) is 12.2 Å². The fraction of sp³-hybridized carbons (Fsp3) is 0.0769. The number of nitrogen functional groups attached to an aromatic ring is 1. The molecule has 104 valence electrons. The number of nitrogens with two attached hydrogens (primary N) is 1. The van der Waals surface area contributed by atoms with Crippen molar-refractivity contribution in [2.75, 3.05) is 5.73 Å². The summed E-state index contributed by atoms with van der Waals surface area (Å²) in [5.74, 6) is 0.397. The predicted octanol–water partition coefficient (Wildman–Crippen LogP) is 0.663. The largest absolute Gasteiger partial charge is 0.439 e. The van der Waals surface area contributed by atoms with Gasteiger partial charge in [-0.05, 0) is 12.1 Å². The summed E-state index contributed by atoms with van der Waals surface area (Å²) in [5.41, 5.74) is 7.78. The van der Waals surface area contributed by atoms with Gasteiger partial charge < -0.3 is 10.2 Å². The lowest BCUT2D eigenvalue weighted by atomic mass is 10.3. The normalized spacial score (nSPS) is 11.4. The van der Waals surface area contributed by atoms with E-state index in [2.05, 4.69) is 15.1 Å². The van der Waals surface area contributed by atoms with E-state index in [1.54, 1.807) is 24.4 Å². The van der Waals surface area contributed by atoms with Gasteiger partial charge in [-0.15, -0.1) is 5.10 Å². The van der Waals surface area contributed by atoms with E-state index in [1.165, 1.54) is 21.5 Å². The highest BCUT2D eigenvalue weighted by molar-refractivity contribution is 5.76. The van der Waals surface area contributed by atoms with Crippen LogP contribution in [0.15, 0.2) is 46.0 Å². The van der Waals surface area contributed by atoms with Crippen LogP contribution in [0.25, 0.3) is 16.7 Å². The van der Waals surface area contributed by atoms with Crippen molar-refractivity contribution in [1.29, 1.82) is 0 Å². The molecule has 4 aromatic rings. The second-order valence-electron chi connectivity index (χ2n) is 4.58. The molecule has 0 aliphatic rings. The fourth-order valence-corrected chi connectivity index (χ4v) is 2.17. The van der Waals surface area contributed by atoms with Gasteiger partial charge in [0.05, 0.1) is 6.20 Å². The van der Waals surface area contributed by atoms with E-state index in [9.17, 15) is 4.79 Å². The molecule has 0 atom stereocenters. The number of oxazole rings is 1. The van der Waals surface area contributed by atoms with Crippen molar-refractivity contribution in [3.8, 4) is 0 Å². The molecular formula is C13H10N6O2. The highest BCUT2D eigenvalue weighted by Crippen LogP contribution is 2.18. The van der Waals surface area contributed by atoms with Crippen LogP contribution in [-0.2, 0) is 6.54 Å². The van der Waals surface area contributed by atoms with Crippen molar-refractivity contribution in [2.24, 2.45) is 0 Å². The molecular weight excluding hydrogens is 272 g/mol. The summed E-state index contributed by atoms with van der Waals surface area (Å²) in [6, 6.07) is 5.22. The summed E-state index contributed by atoms with van der Waals surface area (Å²) in [4.78, 5) is 20.4. The van der Waals surface area contributed by atoms with Gasteiger partial charge in [-0.1, -0.05) is 0 Å². The second kappa shape index (κ2) is 4.17. The van der Waals surface area contributed by atoms with Gasteiger partial charge in [0, 0.05) is 24.1 Å². The summed E-state index contributed by atoms with van der Waals surface area (Å²) >= 11 is 0.